The number of Topliss-reactive ketones (excluding diaryl/α,β-unsaturated/α-hetero) is 1. The number of nitrogens with zero attached hydrogens (tertiary/aromatic N) is 1. The highest BCUT2D eigenvalue weighted by molar-refractivity contribution is 5.99. The maximum absolute atomic E-state index is 11.9. The minimum Gasteiger partial charge on any atom is -0.465 e. The minimum absolute atomic E-state index is 0.0954. The second-order valence-electron chi connectivity index (χ2n) is 4.35. The molecular weight excluding hydrogens is 250 g/mol. The normalized spacial score (nSPS) is 20.4. The fourth-order valence-corrected chi connectivity index (χ4v) is 2.07. The van der Waals surface area contributed by atoms with Crippen LogP contribution in [0, 0.1) is 5.92 Å². The van der Waals surface area contributed by atoms with Gasteiger partial charge in [0.2, 0.25) is 0 Å². The van der Waals surface area contributed by atoms with Gasteiger partial charge in [0.25, 0.3) is 0 Å². The lowest BCUT2D eigenvalue weighted by Crippen LogP contribution is -2.39. The molecule has 0 saturated carbocycles. The molecule has 1 aliphatic heterocycles. The molecule has 0 aromatic carbocycles. The molecule has 108 valence electrons. The van der Waals surface area contributed by atoms with Gasteiger partial charge in [-0.1, -0.05) is 0 Å². The number of carbonyl (C=O) groups excluding carboxylic acids is 3. The van der Waals surface area contributed by atoms with Gasteiger partial charge in [-0.3, -0.25) is 9.59 Å². The number of hydrogen-bond acceptors (Lipinski definition) is 5. The van der Waals surface area contributed by atoms with E-state index in [9.17, 15) is 14.4 Å². The van der Waals surface area contributed by atoms with E-state index in [1.54, 1.807) is 18.7 Å². The molecule has 0 spiro atoms. The number of amides is 1. The number of ketones is 1. The molecule has 19 heavy (non-hydrogen) atoms. The Hall–Kier alpha value is -1.59. The molecule has 6 heteroatoms. The maximum Gasteiger partial charge on any atom is 0.409 e. The predicted octanol–water partition coefficient (Wildman–Crippen LogP) is 1.38. The van der Waals surface area contributed by atoms with Crippen LogP contribution in [0.4, 0.5) is 4.79 Å². The molecule has 1 rings (SSSR count). The van der Waals surface area contributed by atoms with E-state index in [-0.39, 0.29) is 18.5 Å². The molecule has 0 aromatic heterocycles. The van der Waals surface area contributed by atoms with Gasteiger partial charge in [0.15, 0.2) is 0 Å². The molecule has 1 unspecified atom stereocenters. The molecule has 0 aromatic rings. The van der Waals surface area contributed by atoms with Crippen molar-refractivity contribution in [3.8, 4) is 0 Å². The van der Waals surface area contributed by atoms with E-state index in [1.165, 1.54) is 0 Å². The molecule has 0 radical (unpaired) electrons. The first-order valence-electron chi connectivity index (χ1n) is 6.71. The van der Waals surface area contributed by atoms with Crippen molar-refractivity contribution in [2.75, 3.05) is 26.3 Å². The first-order valence-corrected chi connectivity index (χ1v) is 6.71. The van der Waals surface area contributed by atoms with E-state index in [0.29, 0.717) is 39.0 Å². The van der Waals surface area contributed by atoms with Crippen LogP contribution in [-0.4, -0.2) is 49.0 Å². The molecule has 6 nitrogen and oxygen atoms in total. The molecular formula is C13H21NO5. The van der Waals surface area contributed by atoms with Crippen molar-refractivity contribution in [2.45, 2.75) is 33.1 Å². The van der Waals surface area contributed by atoms with Gasteiger partial charge in [0.1, 0.15) is 11.7 Å². The molecule has 1 heterocycles. The first kappa shape index (κ1) is 15.5. The lowest BCUT2D eigenvalue weighted by atomic mass is 9.95. The van der Waals surface area contributed by atoms with Crippen LogP contribution in [0.2, 0.25) is 0 Å². The van der Waals surface area contributed by atoms with E-state index < -0.39 is 11.9 Å². The Morgan fingerprint density at radius 3 is 2.53 bits per heavy atom. The van der Waals surface area contributed by atoms with Crippen LogP contribution in [0.1, 0.15) is 33.1 Å². The van der Waals surface area contributed by atoms with E-state index in [0.717, 1.165) is 0 Å². The van der Waals surface area contributed by atoms with Crippen molar-refractivity contribution < 1.29 is 23.9 Å². The number of rotatable bonds is 3. The Balaban J connectivity index is 2.63. The summed E-state index contributed by atoms with van der Waals surface area (Å²) in [5.41, 5.74) is 0. The summed E-state index contributed by atoms with van der Waals surface area (Å²) in [4.78, 5) is 36.7. The molecule has 1 atom stereocenters. The van der Waals surface area contributed by atoms with Crippen LogP contribution in [-0.2, 0) is 19.1 Å². The summed E-state index contributed by atoms with van der Waals surface area (Å²) < 4.78 is 9.83. The van der Waals surface area contributed by atoms with Gasteiger partial charge in [-0.05, 0) is 26.7 Å². The van der Waals surface area contributed by atoms with E-state index >= 15 is 0 Å². The van der Waals surface area contributed by atoms with Gasteiger partial charge in [-0.2, -0.15) is 0 Å². The average Bonchev–Trinajstić information content (AvgIpc) is 2.34. The lowest BCUT2D eigenvalue weighted by Gasteiger charge is -2.26. The predicted molar refractivity (Wildman–Crippen MR) is 67.6 cm³/mol. The lowest BCUT2D eigenvalue weighted by molar-refractivity contribution is -0.152. The van der Waals surface area contributed by atoms with Crippen molar-refractivity contribution in [3.05, 3.63) is 0 Å². The highest BCUT2D eigenvalue weighted by Crippen LogP contribution is 2.16. The van der Waals surface area contributed by atoms with E-state index in [2.05, 4.69) is 0 Å². The molecule has 0 N–H and O–H groups in total. The van der Waals surface area contributed by atoms with Crippen LogP contribution in [0.5, 0.6) is 0 Å². The molecule has 1 saturated heterocycles. The van der Waals surface area contributed by atoms with E-state index in [4.69, 9.17) is 9.47 Å². The summed E-state index contributed by atoms with van der Waals surface area (Å²) in [7, 11) is 0. The van der Waals surface area contributed by atoms with Gasteiger partial charge < -0.3 is 14.4 Å². The third-order valence-corrected chi connectivity index (χ3v) is 3.02. The highest BCUT2D eigenvalue weighted by Gasteiger charge is 2.30. The topological polar surface area (TPSA) is 72.9 Å². The molecule has 1 fully saturated rings. The van der Waals surface area contributed by atoms with Crippen molar-refractivity contribution >= 4 is 17.8 Å². The summed E-state index contributed by atoms with van der Waals surface area (Å²) in [6.45, 7) is 4.84. The molecule has 1 amide bonds. The quantitative estimate of drug-likeness (QED) is 0.572. The van der Waals surface area contributed by atoms with Crippen LogP contribution >= 0.6 is 0 Å². The summed E-state index contributed by atoms with van der Waals surface area (Å²) in [5.74, 6) is -1.34. The number of hydrogen-bond donors (Lipinski definition) is 0. The zero-order valence-electron chi connectivity index (χ0n) is 11.5. The zero-order chi connectivity index (χ0) is 14.3. The third kappa shape index (κ3) is 4.54. The first-order chi connectivity index (χ1) is 9.10. The Labute approximate surface area is 113 Å². The zero-order valence-corrected chi connectivity index (χ0v) is 11.5. The standard InChI is InChI=1S/C13H21NO5/c1-3-18-12(16)10-7-9-14(13(17)19-4-2)8-5-6-11(10)15/h10H,3-9H2,1-2H3. The number of carbonyl (C=O) groups is 3. The number of esters is 1. The second kappa shape index (κ2) is 7.76. The Bertz CT molecular complexity index is 334. The smallest absolute Gasteiger partial charge is 0.409 e. The van der Waals surface area contributed by atoms with Crippen LogP contribution in [0.15, 0.2) is 0 Å². The summed E-state index contributed by atoms with van der Waals surface area (Å²) in [6, 6.07) is 0. The summed E-state index contributed by atoms with van der Waals surface area (Å²) in [6.07, 6.45) is 0.753. The second-order valence-corrected chi connectivity index (χ2v) is 4.35. The molecule has 1 aliphatic rings. The van der Waals surface area contributed by atoms with Crippen molar-refractivity contribution in [1.29, 1.82) is 0 Å². The van der Waals surface area contributed by atoms with Gasteiger partial charge >= 0.3 is 12.1 Å². The number of likely N-dealkylation sites (tertiary alicyclic amines) is 1. The molecule has 0 aliphatic carbocycles. The summed E-state index contributed by atoms with van der Waals surface area (Å²) >= 11 is 0. The number of ether oxygens (including phenoxy) is 2. The molecule has 0 bridgehead atoms. The van der Waals surface area contributed by atoms with Crippen molar-refractivity contribution in [2.24, 2.45) is 5.92 Å². The van der Waals surface area contributed by atoms with Gasteiger partial charge in [-0.15, -0.1) is 0 Å². The SMILES string of the molecule is CCOC(=O)C1CCN(C(=O)OCC)CCCC1=O. The monoisotopic (exact) mass is 271 g/mol. The van der Waals surface area contributed by atoms with E-state index in [1.807, 2.05) is 0 Å². The minimum atomic E-state index is -0.753. The van der Waals surface area contributed by atoms with Crippen molar-refractivity contribution in [3.63, 3.8) is 0 Å². The highest BCUT2D eigenvalue weighted by atomic mass is 16.6. The Morgan fingerprint density at radius 2 is 1.89 bits per heavy atom. The van der Waals surface area contributed by atoms with Crippen molar-refractivity contribution in [1.82, 2.24) is 4.90 Å². The third-order valence-electron chi connectivity index (χ3n) is 3.02. The van der Waals surface area contributed by atoms with Gasteiger partial charge in [0.05, 0.1) is 13.2 Å². The van der Waals surface area contributed by atoms with Crippen LogP contribution in [0.3, 0.4) is 0 Å². The van der Waals surface area contributed by atoms with Gasteiger partial charge in [-0.25, -0.2) is 4.79 Å². The Kier molecular flexibility index (Phi) is 6.32. The van der Waals surface area contributed by atoms with Gasteiger partial charge in [0, 0.05) is 19.5 Å². The fraction of sp³-hybridized carbons (Fsp3) is 0.769. The summed E-state index contributed by atoms with van der Waals surface area (Å²) in [5, 5.41) is 0. The van der Waals surface area contributed by atoms with Crippen LogP contribution < -0.4 is 0 Å². The Morgan fingerprint density at radius 1 is 1.21 bits per heavy atom. The van der Waals surface area contributed by atoms with Crippen LogP contribution in [0.25, 0.3) is 0 Å². The average molecular weight is 271 g/mol. The maximum atomic E-state index is 11.9. The largest absolute Gasteiger partial charge is 0.465 e. The fourth-order valence-electron chi connectivity index (χ4n) is 2.07.